The molecule has 0 aliphatic heterocycles. The van der Waals surface area contributed by atoms with Crippen LogP contribution in [0.2, 0.25) is 0 Å². The zero-order valence-corrected chi connectivity index (χ0v) is 7.85. The van der Waals surface area contributed by atoms with Crippen LogP contribution in [0.25, 0.3) is 0 Å². The fourth-order valence-corrected chi connectivity index (χ4v) is 1.71. The number of rotatable bonds is 2. The summed E-state index contributed by atoms with van der Waals surface area (Å²) in [5, 5.41) is 0. The first-order valence-corrected chi connectivity index (χ1v) is 4.19. The third kappa shape index (κ3) is 1.98. The van der Waals surface area contributed by atoms with E-state index in [0.29, 0.717) is 0 Å². The molecule has 0 aromatic heterocycles. The molecule has 13 heavy (non-hydrogen) atoms. The lowest BCUT2D eigenvalue weighted by Crippen LogP contribution is -2.57. The molecule has 3 nitrogen and oxygen atoms in total. The molecule has 1 unspecified atom stereocenters. The van der Waals surface area contributed by atoms with Gasteiger partial charge in [0.1, 0.15) is 0 Å². The first-order chi connectivity index (χ1) is 5.96. The van der Waals surface area contributed by atoms with Gasteiger partial charge in [-0.2, -0.15) is 0 Å². The van der Waals surface area contributed by atoms with E-state index in [1.165, 1.54) is 14.2 Å². The Hall–Kier alpha value is -0.260. The zero-order chi connectivity index (χ0) is 10.1. The van der Waals surface area contributed by atoms with E-state index in [1.807, 2.05) is 0 Å². The van der Waals surface area contributed by atoms with Crippen LogP contribution in [-0.4, -0.2) is 32.0 Å². The third-order valence-electron chi connectivity index (χ3n) is 2.61. The maximum absolute atomic E-state index is 12.9. The molecule has 78 valence electrons. The van der Waals surface area contributed by atoms with Gasteiger partial charge in [-0.15, -0.1) is 0 Å². The maximum atomic E-state index is 12.9. The van der Waals surface area contributed by atoms with Crippen LogP contribution in [0.15, 0.2) is 0 Å². The second-order valence-electron chi connectivity index (χ2n) is 3.39. The van der Waals surface area contributed by atoms with Crippen LogP contribution in [0.1, 0.15) is 19.3 Å². The summed E-state index contributed by atoms with van der Waals surface area (Å²) in [7, 11) is 2.85. The van der Waals surface area contributed by atoms with Crippen LogP contribution in [0.5, 0.6) is 0 Å². The molecule has 5 heteroatoms. The van der Waals surface area contributed by atoms with Crippen molar-refractivity contribution in [2.24, 2.45) is 5.73 Å². The van der Waals surface area contributed by atoms with E-state index in [0.717, 1.165) is 0 Å². The van der Waals surface area contributed by atoms with Crippen LogP contribution in [0.4, 0.5) is 8.78 Å². The number of alkyl halides is 2. The van der Waals surface area contributed by atoms with Crippen molar-refractivity contribution in [3.05, 3.63) is 0 Å². The Balaban J connectivity index is 2.72. The Bertz CT molecular complexity index is 183. The van der Waals surface area contributed by atoms with E-state index in [2.05, 4.69) is 0 Å². The number of ether oxygens (including phenoxy) is 2. The molecule has 0 saturated heterocycles. The van der Waals surface area contributed by atoms with Gasteiger partial charge in [-0.3, -0.25) is 0 Å². The van der Waals surface area contributed by atoms with E-state index in [4.69, 9.17) is 15.2 Å². The molecule has 1 rings (SSSR count). The van der Waals surface area contributed by atoms with Gasteiger partial charge in [0.15, 0.2) is 5.79 Å². The molecule has 0 aromatic rings. The molecule has 0 bridgehead atoms. The minimum Gasteiger partial charge on any atom is -0.352 e. The van der Waals surface area contributed by atoms with Crippen molar-refractivity contribution in [3.63, 3.8) is 0 Å². The molecular formula is C8H15F2NO2. The van der Waals surface area contributed by atoms with Crippen LogP contribution in [0, 0.1) is 0 Å². The van der Waals surface area contributed by atoms with E-state index in [9.17, 15) is 8.78 Å². The number of hydrogen-bond acceptors (Lipinski definition) is 3. The zero-order valence-electron chi connectivity index (χ0n) is 7.85. The van der Waals surface area contributed by atoms with Crippen molar-refractivity contribution in [1.29, 1.82) is 0 Å². The predicted molar refractivity (Wildman–Crippen MR) is 43.5 cm³/mol. The lowest BCUT2D eigenvalue weighted by atomic mass is 9.87. The summed E-state index contributed by atoms with van der Waals surface area (Å²) in [5.74, 6) is -3.71. The standard InChI is InChI=1S/C8H15F2NO2/c1-12-8(13-2)4-3-7(9,10)5-6(8)11/h6H,3-5,11H2,1-2H3. The average Bonchev–Trinajstić information content (AvgIpc) is 2.05. The highest BCUT2D eigenvalue weighted by Gasteiger charge is 2.49. The molecule has 0 radical (unpaired) electrons. The highest BCUT2D eigenvalue weighted by atomic mass is 19.3. The van der Waals surface area contributed by atoms with Crippen molar-refractivity contribution >= 4 is 0 Å². The highest BCUT2D eigenvalue weighted by molar-refractivity contribution is 4.93. The quantitative estimate of drug-likeness (QED) is 0.671. The van der Waals surface area contributed by atoms with Gasteiger partial charge in [-0.1, -0.05) is 0 Å². The molecule has 0 spiro atoms. The predicted octanol–water partition coefficient (Wildman–Crippen LogP) is 1.12. The summed E-state index contributed by atoms with van der Waals surface area (Å²) in [6, 6.07) is -0.772. The van der Waals surface area contributed by atoms with E-state index in [1.54, 1.807) is 0 Å². The molecule has 0 amide bonds. The largest absolute Gasteiger partial charge is 0.352 e. The normalized spacial score (nSPS) is 31.6. The summed E-state index contributed by atoms with van der Waals surface area (Å²) in [5.41, 5.74) is 5.58. The van der Waals surface area contributed by atoms with Crippen molar-refractivity contribution < 1.29 is 18.3 Å². The minimum absolute atomic E-state index is 0.133. The Labute approximate surface area is 76.2 Å². The van der Waals surface area contributed by atoms with Crippen LogP contribution in [-0.2, 0) is 9.47 Å². The first-order valence-electron chi connectivity index (χ1n) is 4.19. The van der Waals surface area contributed by atoms with Crippen molar-refractivity contribution in [3.8, 4) is 0 Å². The summed E-state index contributed by atoms with van der Waals surface area (Å²) in [6.07, 6.45) is -0.481. The second kappa shape index (κ2) is 3.48. The molecule has 1 aliphatic carbocycles. The van der Waals surface area contributed by atoms with Crippen LogP contribution < -0.4 is 5.73 Å². The van der Waals surface area contributed by atoms with Gasteiger partial charge in [0, 0.05) is 33.5 Å². The van der Waals surface area contributed by atoms with Gasteiger partial charge in [0.05, 0.1) is 6.04 Å². The molecule has 1 saturated carbocycles. The second-order valence-corrected chi connectivity index (χ2v) is 3.39. The molecule has 0 heterocycles. The Morgan fingerprint density at radius 3 is 2.15 bits per heavy atom. The van der Waals surface area contributed by atoms with Gasteiger partial charge in [0.25, 0.3) is 0 Å². The summed E-state index contributed by atoms with van der Waals surface area (Å²) < 4.78 is 35.9. The van der Waals surface area contributed by atoms with Crippen molar-refractivity contribution in [1.82, 2.24) is 0 Å². The van der Waals surface area contributed by atoms with E-state index in [-0.39, 0.29) is 19.3 Å². The van der Waals surface area contributed by atoms with Crippen LogP contribution in [0.3, 0.4) is 0 Å². The first kappa shape index (κ1) is 10.8. The molecule has 2 N–H and O–H groups in total. The lowest BCUT2D eigenvalue weighted by Gasteiger charge is -2.42. The summed E-state index contributed by atoms with van der Waals surface area (Å²) in [6.45, 7) is 0. The van der Waals surface area contributed by atoms with Crippen molar-refractivity contribution in [2.75, 3.05) is 14.2 Å². The Kier molecular flexibility index (Phi) is 2.89. The average molecular weight is 195 g/mol. The van der Waals surface area contributed by atoms with Crippen molar-refractivity contribution in [2.45, 2.75) is 37.0 Å². The molecular weight excluding hydrogens is 180 g/mol. The van der Waals surface area contributed by atoms with Gasteiger partial charge in [0.2, 0.25) is 5.92 Å². The molecule has 1 aliphatic rings. The minimum atomic E-state index is -2.68. The van der Waals surface area contributed by atoms with Gasteiger partial charge in [-0.05, 0) is 0 Å². The SMILES string of the molecule is COC1(OC)CCC(F)(F)CC1N. The van der Waals surface area contributed by atoms with Gasteiger partial charge < -0.3 is 15.2 Å². The summed E-state index contributed by atoms with van der Waals surface area (Å²) >= 11 is 0. The Morgan fingerprint density at radius 1 is 1.23 bits per heavy atom. The fourth-order valence-electron chi connectivity index (χ4n) is 1.71. The summed E-state index contributed by atoms with van der Waals surface area (Å²) in [4.78, 5) is 0. The number of methoxy groups -OCH3 is 2. The monoisotopic (exact) mass is 195 g/mol. The molecule has 1 atom stereocenters. The maximum Gasteiger partial charge on any atom is 0.250 e. The van der Waals surface area contributed by atoms with Gasteiger partial charge in [-0.25, -0.2) is 8.78 Å². The van der Waals surface area contributed by atoms with E-state index < -0.39 is 17.8 Å². The topological polar surface area (TPSA) is 44.5 Å². The Morgan fingerprint density at radius 2 is 1.77 bits per heavy atom. The fraction of sp³-hybridized carbons (Fsp3) is 1.00. The molecule has 0 aromatic carbocycles. The number of nitrogens with two attached hydrogens (primary N) is 1. The smallest absolute Gasteiger partial charge is 0.250 e. The number of halogens is 2. The molecule has 1 fully saturated rings. The van der Waals surface area contributed by atoms with E-state index >= 15 is 0 Å². The van der Waals surface area contributed by atoms with Crippen LogP contribution >= 0.6 is 0 Å². The highest BCUT2D eigenvalue weighted by Crippen LogP contribution is 2.39. The third-order valence-corrected chi connectivity index (χ3v) is 2.61. The van der Waals surface area contributed by atoms with Gasteiger partial charge >= 0.3 is 0 Å². The number of hydrogen-bond donors (Lipinski definition) is 1. The lowest BCUT2D eigenvalue weighted by molar-refractivity contribution is -0.256.